The Morgan fingerprint density at radius 1 is 1.09 bits per heavy atom. The van der Waals surface area contributed by atoms with Crippen molar-refractivity contribution in [1.29, 1.82) is 0 Å². The summed E-state index contributed by atoms with van der Waals surface area (Å²) in [6.45, 7) is 7.47. The Morgan fingerprint density at radius 2 is 1.83 bits per heavy atom. The number of hydrogen-bond donors (Lipinski definition) is 1. The van der Waals surface area contributed by atoms with Gasteiger partial charge in [-0.15, -0.1) is 0 Å². The Bertz CT molecular complexity index is 1030. The lowest BCUT2D eigenvalue weighted by Gasteiger charge is -2.44. The second-order valence-electron chi connectivity index (χ2n) is 11.1. The van der Waals surface area contributed by atoms with E-state index in [1.807, 2.05) is 6.07 Å². The van der Waals surface area contributed by atoms with Crippen LogP contribution in [0.1, 0.15) is 55.8 Å². The van der Waals surface area contributed by atoms with Gasteiger partial charge in [-0.3, -0.25) is 4.79 Å². The number of carbonyl (C=O) groups is 1. The second kappa shape index (κ2) is 10.3. The van der Waals surface area contributed by atoms with Crippen molar-refractivity contribution in [3.05, 3.63) is 53.8 Å². The summed E-state index contributed by atoms with van der Waals surface area (Å²) in [7, 11) is 0. The number of benzene rings is 2. The maximum Gasteiger partial charge on any atom is 0.253 e. The maximum absolute atomic E-state index is 14.9. The summed E-state index contributed by atoms with van der Waals surface area (Å²) < 4.78 is 20.9. The van der Waals surface area contributed by atoms with Crippen molar-refractivity contribution >= 4 is 5.91 Å². The van der Waals surface area contributed by atoms with Gasteiger partial charge < -0.3 is 19.6 Å². The Hall–Kier alpha value is -2.44. The quantitative estimate of drug-likeness (QED) is 0.607. The largest absolute Gasteiger partial charge is 0.493 e. The minimum atomic E-state index is -0.443. The van der Waals surface area contributed by atoms with Gasteiger partial charge in [0.1, 0.15) is 11.6 Å². The van der Waals surface area contributed by atoms with Crippen molar-refractivity contribution in [1.82, 2.24) is 9.80 Å². The minimum Gasteiger partial charge on any atom is -0.493 e. The van der Waals surface area contributed by atoms with Crippen LogP contribution < -0.4 is 4.74 Å². The molecule has 1 unspecified atom stereocenters. The zero-order valence-corrected chi connectivity index (χ0v) is 20.7. The van der Waals surface area contributed by atoms with E-state index in [-0.39, 0.29) is 11.7 Å². The van der Waals surface area contributed by atoms with Crippen molar-refractivity contribution in [2.45, 2.75) is 51.6 Å². The standard InChI is InChI=1S/C29H37FN2O3/c1-29(12-2-13-29)20-31-14-9-21(10-15-31)19-35-25-7-8-26(27(30)17-25)22-3-5-23(6-4-22)28(34)32-16-11-24(33)18-32/h3-8,17,21,24,33H,2,9-16,18-20H2,1H3. The molecule has 1 atom stereocenters. The lowest BCUT2D eigenvalue weighted by Crippen LogP contribution is -2.44. The van der Waals surface area contributed by atoms with Gasteiger partial charge in [0, 0.05) is 36.8 Å². The van der Waals surface area contributed by atoms with Gasteiger partial charge in [0.25, 0.3) is 5.91 Å². The first-order valence-electron chi connectivity index (χ1n) is 13.1. The van der Waals surface area contributed by atoms with Crippen LogP contribution in [-0.4, -0.2) is 66.2 Å². The zero-order chi connectivity index (χ0) is 24.4. The van der Waals surface area contributed by atoms with Gasteiger partial charge in [-0.25, -0.2) is 4.39 Å². The molecule has 0 bridgehead atoms. The first kappa shape index (κ1) is 24.3. The molecular weight excluding hydrogens is 443 g/mol. The number of ether oxygens (including phenoxy) is 1. The molecule has 2 saturated heterocycles. The van der Waals surface area contributed by atoms with E-state index in [4.69, 9.17) is 4.74 Å². The number of β-amino-alcohol motifs (C(OH)–C–C–N with tert-alkyl or cyclic N) is 1. The van der Waals surface area contributed by atoms with Crippen LogP contribution in [0, 0.1) is 17.2 Å². The molecule has 0 aromatic heterocycles. The van der Waals surface area contributed by atoms with E-state index < -0.39 is 6.10 Å². The van der Waals surface area contributed by atoms with Gasteiger partial charge in [0.05, 0.1) is 12.7 Å². The number of piperidine rings is 1. The molecule has 5 rings (SSSR count). The highest BCUT2D eigenvalue weighted by Gasteiger charge is 2.34. The predicted molar refractivity (Wildman–Crippen MR) is 135 cm³/mol. The number of rotatable bonds is 7. The Labute approximate surface area is 207 Å². The number of halogens is 1. The molecule has 1 amide bonds. The van der Waals surface area contributed by atoms with Crippen molar-refractivity contribution in [3.63, 3.8) is 0 Å². The maximum atomic E-state index is 14.9. The molecule has 1 aliphatic carbocycles. The molecule has 35 heavy (non-hydrogen) atoms. The lowest BCUT2D eigenvalue weighted by molar-refractivity contribution is 0.0564. The average molecular weight is 481 g/mol. The molecule has 2 aromatic carbocycles. The first-order chi connectivity index (χ1) is 16.9. The molecule has 0 radical (unpaired) electrons. The number of aliphatic hydroxyl groups excluding tert-OH is 1. The van der Waals surface area contributed by atoms with Gasteiger partial charge in [0.2, 0.25) is 0 Å². The molecular formula is C29H37FN2O3. The van der Waals surface area contributed by atoms with Crippen LogP contribution in [0.5, 0.6) is 5.75 Å². The lowest BCUT2D eigenvalue weighted by atomic mass is 9.70. The molecule has 2 heterocycles. The fourth-order valence-electron chi connectivity index (χ4n) is 5.72. The van der Waals surface area contributed by atoms with Crippen LogP contribution in [0.15, 0.2) is 42.5 Å². The molecule has 2 aliphatic heterocycles. The van der Waals surface area contributed by atoms with E-state index in [1.165, 1.54) is 31.9 Å². The van der Waals surface area contributed by atoms with E-state index in [0.29, 0.717) is 54.3 Å². The smallest absolute Gasteiger partial charge is 0.253 e. The second-order valence-corrected chi connectivity index (χ2v) is 11.1. The average Bonchev–Trinajstić information content (AvgIpc) is 3.28. The molecule has 6 heteroatoms. The monoisotopic (exact) mass is 480 g/mol. The molecule has 0 spiro atoms. The SMILES string of the molecule is CC1(CN2CCC(COc3ccc(-c4ccc(C(=O)N5CCC(O)C5)cc4)c(F)c3)CC2)CCC1. The highest BCUT2D eigenvalue weighted by molar-refractivity contribution is 5.95. The molecule has 5 nitrogen and oxygen atoms in total. The zero-order valence-electron chi connectivity index (χ0n) is 20.7. The van der Waals surface area contributed by atoms with E-state index in [0.717, 1.165) is 31.5 Å². The van der Waals surface area contributed by atoms with Crippen LogP contribution in [0.2, 0.25) is 0 Å². The third-order valence-electron chi connectivity index (χ3n) is 8.19. The summed E-state index contributed by atoms with van der Waals surface area (Å²) >= 11 is 0. The van der Waals surface area contributed by atoms with Gasteiger partial charge in [-0.05, 0) is 86.4 Å². The number of hydrogen-bond acceptors (Lipinski definition) is 4. The molecule has 1 N–H and O–H groups in total. The third kappa shape index (κ3) is 5.70. The molecule has 3 fully saturated rings. The summed E-state index contributed by atoms with van der Waals surface area (Å²) in [5.41, 5.74) is 2.30. The topological polar surface area (TPSA) is 53.0 Å². The molecule has 188 valence electrons. The van der Waals surface area contributed by atoms with E-state index in [1.54, 1.807) is 35.2 Å². The fourth-order valence-corrected chi connectivity index (χ4v) is 5.72. The molecule has 1 saturated carbocycles. The number of nitrogens with zero attached hydrogens (tertiary/aromatic N) is 2. The van der Waals surface area contributed by atoms with Gasteiger partial charge in [-0.1, -0.05) is 25.5 Å². The van der Waals surface area contributed by atoms with Gasteiger partial charge >= 0.3 is 0 Å². The van der Waals surface area contributed by atoms with Crippen LogP contribution >= 0.6 is 0 Å². The Kier molecular flexibility index (Phi) is 7.12. The van der Waals surface area contributed by atoms with E-state index in [9.17, 15) is 14.3 Å². The van der Waals surface area contributed by atoms with Crippen molar-refractivity contribution in [2.24, 2.45) is 11.3 Å². The normalized spacial score (nSPS) is 22.7. The summed E-state index contributed by atoms with van der Waals surface area (Å²) in [5.74, 6) is 0.660. The van der Waals surface area contributed by atoms with Crippen molar-refractivity contribution in [3.8, 4) is 16.9 Å². The molecule has 2 aromatic rings. The number of likely N-dealkylation sites (tertiary alicyclic amines) is 2. The predicted octanol–water partition coefficient (Wildman–Crippen LogP) is 4.98. The Morgan fingerprint density at radius 3 is 2.43 bits per heavy atom. The highest BCUT2D eigenvalue weighted by Crippen LogP contribution is 2.41. The Balaban J connectivity index is 1.12. The van der Waals surface area contributed by atoms with Crippen LogP contribution in [0.4, 0.5) is 4.39 Å². The summed E-state index contributed by atoms with van der Waals surface area (Å²) in [4.78, 5) is 16.8. The number of aliphatic hydroxyl groups is 1. The first-order valence-corrected chi connectivity index (χ1v) is 13.1. The van der Waals surface area contributed by atoms with Crippen molar-refractivity contribution < 1.29 is 19.0 Å². The van der Waals surface area contributed by atoms with Gasteiger partial charge in [-0.2, -0.15) is 0 Å². The van der Waals surface area contributed by atoms with Crippen molar-refractivity contribution in [2.75, 3.05) is 39.3 Å². The molecule has 3 aliphatic rings. The van der Waals surface area contributed by atoms with Crippen LogP contribution in [0.3, 0.4) is 0 Å². The van der Waals surface area contributed by atoms with Gasteiger partial charge in [0.15, 0.2) is 0 Å². The van der Waals surface area contributed by atoms with E-state index >= 15 is 0 Å². The minimum absolute atomic E-state index is 0.0969. The summed E-state index contributed by atoms with van der Waals surface area (Å²) in [6, 6.07) is 12.0. The summed E-state index contributed by atoms with van der Waals surface area (Å²) in [6.07, 6.45) is 6.55. The van der Waals surface area contributed by atoms with E-state index in [2.05, 4.69) is 11.8 Å². The fraction of sp³-hybridized carbons (Fsp3) is 0.552. The third-order valence-corrected chi connectivity index (χ3v) is 8.19. The summed E-state index contributed by atoms with van der Waals surface area (Å²) in [5, 5.41) is 9.66. The van der Waals surface area contributed by atoms with Crippen LogP contribution in [0.25, 0.3) is 11.1 Å². The number of carbonyl (C=O) groups excluding carboxylic acids is 1. The number of amides is 1. The highest BCUT2D eigenvalue weighted by atomic mass is 19.1. The van der Waals surface area contributed by atoms with Crippen LogP contribution in [-0.2, 0) is 0 Å².